The Balaban J connectivity index is 2.03. The van der Waals surface area contributed by atoms with E-state index in [1.165, 1.54) is 32.4 Å². The second-order valence-corrected chi connectivity index (χ2v) is 4.21. The summed E-state index contributed by atoms with van der Waals surface area (Å²) in [6.07, 6.45) is 3.80. The zero-order chi connectivity index (χ0) is 10.3. The normalized spacial score (nSPS) is 19.3. The summed E-state index contributed by atoms with van der Waals surface area (Å²) in [6.45, 7) is 6.92. The van der Waals surface area contributed by atoms with Crippen molar-refractivity contribution >= 4 is 0 Å². The quantitative estimate of drug-likeness (QED) is 0.603. The number of nitrogens with one attached hydrogen (secondary N) is 1. The Morgan fingerprint density at radius 2 is 1.93 bits per heavy atom. The maximum Gasteiger partial charge on any atom is 0.0700 e. The molecule has 0 aromatic carbocycles. The first-order chi connectivity index (χ1) is 6.83. The first-order valence-corrected chi connectivity index (χ1v) is 5.60. The molecule has 0 spiro atoms. The predicted molar refractivity (Wildman–Crippen MR) is 57.5 cm³/mol. The molecule has 0 aliphatic carbocycles. The van der Waals surface area contributed by atoms with Gasteiger partial charge in [0.25, 0.3) is 0 Å². The van der Waals surface area contributed by atoms with Crippen molar-refractivity contribution < 1.29 is 9.47 Å². The predicted octanol–water partition coefficient (Wildman–Crippen LogP) is 1.43. The smallest absolute Gasteiger partial charge is 0.0700 e. The lowest BCUT2D eigenvalue weighted by molar-refractivity contribution is 0.0336. The molecule has 3 heteroatoms. The average molecular weight is 201 g/mol. The van der Waals surface area contributed by atoms with Crippen LogP contribution < -0.4 is 5.32 Å². The van der Waals surface area contributed by atoms with E-state index in [1.54, 1.807) is 7.11 Å². The number of rotatable bonds is 8. The van der Waals surface area contributed by atoms with Gasteiger partial charge in [-0.25, -0.2) is 0 Å². The van der Waals surface area contributed by atoms with Crippen LogP contribution in [-0.4, -0.2) is 40.0 Å². The van der Waals surface area contributed by atoms with Gasteiger partial charge >= 0.3 is 0 Å². The fraction of sp³-hybridized carbons (Fsp3) is 1.00. The van der Waals surface area contributed by atoms with Crippen molar-refractivity contribution in [2.45, 2.75) is 26.2 Å². The Morgan fingerprint density at radius 3 is 2.43 bits per heavy atom. The lowest BCUT2D eigenvalue weighted by atomic mass is 9.75. The molecule has 0 aromatic rings. The average Bonchev–Trinajstić information content (AvgIpc) is 2.13. The number of ether oxygens (including phenoxy) is 2. The highest BCUT2D eigenvalue weighted by Crippen LogP contribution is 2.32. The van der Waals surface area contributed by atoms with E-state index in [2.05, 4.69) is 12.2 Å². The molecule has 0 aromatic heterocycles. The molecule has 1 fully saturated rings. The van der Waals surface area contributed by atoms with E-state index in [-0.39, 0.29) is 0 Å². The van der Waals surface area contributed by atoms with Gasteiger partial charge in [0, 0.05) is 26.8 Å². The second-order valence-electron chi connectivity index (χ2n) is 4.21. The summed E-state index contributed by atoms with van der Waals surface area (Å²) in [7, 11) is 1.71. The van der Waals surface area contributed by atoms with Crippen LogP contribution in [0.5, 0.6) is 0 Å². The number of hydrogen-bond acceptors (Lipinski definition) is 3. The third-order valence-corrected chi connectivity index (χ3v) is 2.99. The Kier molecular flexibility index (Phi) is 5.45. The van der Waals surface area contributed by atoms with Crippen LogP contribution in [0.4, 0.5) is 0 Å². The standard InChI is InChI=1S/C11H23NO2/c1-3-4-11(9-12-10-11)5-6-14-8-7-13-2/h12H,3-10H2,1-2H3. The van der Waals surface area contributed by atoms with Crippen LogP contribution in [-0.2, 0) is 9.47 Å². The van der Waals surface area contributed by atoms with Gasteiger partial charge in [0.05, 0.1) is 13.2 Å². The van der Waals surface area contributed by atoms with Crippen molar-refractivity contribution in [2.75, 3.05) is 40.0 Å². The molecular formula is C11H23NO2. The van der Waals surface area contributed by atoms with Crippen LogP contribution in [0.2, 0.25) is 0 Å². The number of hydrogen-bond donors (Lipinski definition) is 1. The fourth-order valence-corrected chi connectivity index (χ4v) is 2.02. The fourth-order valence-electron chi connectivity index (χ4n) is 2.02. The second kappa shape index (κ2) is 6.38. The zero-order valence-corrected chi connectivity index (χ0v) is 9.47. The van der Waals surface area contributed by atoms with Crippen molar-refractivity contribution in [3.05, 3.63) is 0 Å². The van der Waals surface area contributed by atoms with Crippen molar-refractivity contribution in [1.82, 2.24) is 5.32 Å². The SMILES string of the molecule is CCCC1(CCOCCOC)CNC1. The van der Waals surface area contributed by atoms with Crippen molar-refractivity contribution in [2.24, 2.45) is 5.41 Å². The van der Waals surface area contributed by atoms with E-state index in [0.717, 1.165) is 13.2 Å². The molecule has 84 valence electrons. The van der Waals surface area contributed by atoms with Crippen LogP contribution in [0.1, 0.15) is 26.2 Å². The topological polar surface area (TPSA) is 30.5 Å². The molecular weight excluding hydrogens is 178 g/mol. The lowest BCUT2D eigenvalue weighted by Crippen LogP contribution is -2.53. The first-order valence-electron chi connectivity index (χ1n) is 5.60. The largest absolute Gasteiger partial charge is 0.382 e. The summed E-state index contributed by atoms with van der Waals surface area (Å²) in [5.74, 6) is 0. The van der Waals surface area contributed by atoms with Gasteiger partial charge in [-0.2, -0.15) is 0 Å². The molecule has 0 unspecified atom stereocenters. The monoisotopic (exact) mass is 201 g/mol. The zero-order valence-electron chi connectivity index (χ0n) is 9.47. The summed E-state index contributed by atoms with van der Waals surface area (Å²) in [5, 5.41) is 3.36. The summed E-state index contributed by atoms with van der Waals surface area (Å²) in [5.41, 5.74) is 0.543. The summed E-state index contributed by atoms with van der Waals surface area (Å²) < 4.78 is 10.4. The molecule has 0 atom stereocenters. The van der Waals surface area contributed by atoms with Crippen LogP contribution >= 0.6 is 0 Å². The molecule has 0 bridgehead atoms. The van der Waals surface area contributed by atoms with E-state index in [0.29, 0.717) is 12.0 Å². The van der Waals surface area contributed by atoms with Crippen LogP contribution in [0.3, 0.4) is 0 Å². The first kappa shape index (κ1) is 12.0. The van der Waals surface area contributed by atoms with Gasteiger partial charge in [0.1, 0.15) is 0 Å². The Morgan fingerprint density at radius 1 is 1.14 bits per heavy atom. The van der Waals surface area contributed by atoms with Crippen molar-refractivity contribution in [3.8, 4) is 0 Å². The highest BCUT2D eigenvalue weighted by Gasteiger charge is 2.35. The Labute approximate surface area is 87.2 Å². The van der Waals surface area contributed by atoms with Gasteiger partial charge < -0.3 is 14.8 Å². The molecule has 3 nitrogen and oxygen atoms in total. The molecule has 1 aliphatic rings. The third-order valence-electron chi connectivity index (χ3n) is 2.99. The molecule has 1 heterocycles. The van der Waals surface area contributed by atoms with Crippen molar-refractivity contribution in [1.29, 1.82) is 0 Å². The van der Waals surface area contributed by atoms with E-state index < -0.39 is 0 Å². The van der Waals surface area contributed by atoms with Crippen LogP contribution in [0.15, 0.2) is 0 Å². The van der Waals surface area contributed by atoms with Crippen LogP contribution in [0, 0.1) is 5.41 Å². The van der Waals surface area contributed by atoms with Crippen LogP contribution in [0.25, 0.3) is 0 Å². The minimum absolute atomic E-state index is 0.543. The molecule has 1 aliphatic heterocycles. The lowest BCUT2D eigenvalue weighted by Gasteiger charge is -2.43. The van der Waals surface area contributed by atoms with E-state index in [1.807, 2.05) is 0 Å². The Bertz CT molecular complexity index is 146. The van der Waals surface area contributed by atoms with E-state index >= 15 is 0 Å². The molecule has 0 amide bonds. The summed E-state index contributed by atoms with van der Waals surface area (Å²) in [6, 6.07) is 0. The third kappa shape index (κ3) is 3.56. The van der Waals surface area contributed by atoms with Gasteiger partial charge in [-0.15, -0.1) is 0 Å². The minimum atomic E-state index is 0.543. The Hall–Kier alpha value is -0.120. The minimum Gasteiger partial charge on any atom is -0.382 e. The maximum atomic E-state index is 5.50. The summed E-state index contributed by atoms with van der Waals surface area (Å²) >= 11 is 0. The molecule has 1 N–H and O–H groups in total. The van der Waals surface area contributed by atoms with Gasteiger partial charge in [-0.1, -0.05) is 13.3 Å². The van der Waals surface area contributed by atoms with Gasteiger partial charge in [0.2, 0.25) is 0 Å². The van der Waals surface area contributed by atoms with Gasteiger partial charge in [-0.05, 0) is 18.3 Å². The number of methoxy groups -OCH3 is 1. The molecule has 14 heavy (non-hydrogen) atoms. The molecule has 0 radical (unpaired) electrons. The van der Waals surface area contributed by atoms with E-state index in [9.17, 15) is 0 Å². The highest BCUT2D eigenvalue weighted by atomic mass is 16.5. The van der Waals surface area contributed by atoms with Crippen molar-refractivity contribution in [3.63, 3.8) is 0 Å². The van der Waals surface area contributed by atoms with Gasteiger partial charge in [-0.3, -0.25) is 0 Å². The maximum absolute atomic E-state index is 5.50. The summed E-state index contributed by atoms with van der Waals surface area (Å²) in [4.78, 5) is 0. The highest BCUT2D eigenvalue weighted by molar-refractivity contribution is 4.91. The molecule has 0 saturated carbocycles. The molecule has 1 saturated heterocycles. The van der Waals surface area contributed by atoms with E-state index in [4.69, 9.17) is 9.47 Å². The van der Waals surface area contributed by atoms with Gasteiger partial charge in [0.15, 0.2) is 0 Å². The molecule has 1 rings (SSSR count).